The molecule has 0 saturated heterocycles. The highest BCUT2D eigenvalue weighted by Crippen LogP contribution is 2.39. The van der Waals surface area contributed by atoms with Crippen LogP contribution in [0.5, 0.6) is 11.5 Å². The number of hydrogen-bond acceptors (Lipinski definition) is 9. The second-order valence-corrected chi connectivity index (χ2v) is 6.08. The summed E-state index contributed by atoms with van der Waals surface area (Å²) in [7, 11) is 1.78. The summed E-state index contributed by atoms with van der Waals surface area (Å²) in [6.45, 7) is 0. The van der Waals surface area contributed by atoms with Crippen LogP contribution >= 0.6 is 0 Å². The predicted octanol–water partition coefficient (Wildman–Crippen LogP) is 3.89. The number of nitro groups is 1. The Morgan fingerprint density at radius 3 is 1.59 bits per heavy atom. The van der Waals surface area contributed by atoms with Gasteiger partial charge in [-0.2, -0.15) is 26.3 Å². The summed E-state index contributed by atoms with van der Waals surface area (Å²) < 4.78 is 83.5. The van der Waals surface area contributed by atoms with E-state index in [0.717, 1.165) is 20.3 Å². The molecule has 0 spiro atoms. The normalized spacial score (nSPS) is 11.2. The number of benzene rings is 2. The molecule has 0 aromatic heterocycles. The van der Waals surface area contributed by atoms with E-state index in [-0.39, 0.29) is 11.8 Å². The Morgan fingerprint density at radius 1 is 0.853 bits per heavy atom. The summed E-state index contributed by atoms with van der Waals surface area (Å²) in [5.74, 6) is -4.47. The SMILES string of the molecule is COC(=O)c1cc(N)c(O)cc1C(F)(F)F.COC(=O)c1cc([N+](=O)[O-])c(O)cc1C(F)(F)F. The first-order chi connectivity index (χ1) is 15.4. The highest BCUT2D eigenvalue weighted by molar-refractivity contribution is 5.93. The van der Waals surface area contributed by atoms with Crippen LogP contribution in [0.2, 0.25) is 0 Å². The number of hydrogen-bond donors (Lipinski definition) is 3. The average Bonchev–Trinajstić information content (AvgIpc) is 2.72. The van der Waals surface area contributed by atoms with Crippen LogP contribution in [-0.4, -0.2) is 41.3 Å². The lowest BCUT2D eigenvalue weighted by atomic mass is 10.1. The second kappa shape index (κ2) is 10.1. The smallest absolute Gasteiger partial charge is 0.417 e. The topological polar surface area (TPSA) is 162 Å². The van der Waals surface area contributed by atoms with Gasteiger partial charge in [0.15, 0.2) is 5.75 Å². The van der Waals surface area contributed by atoms with Crippen LogP contribution in [0.25, 0.3) is 0 Å². The van der Waals surface area contributed by atoms with E-state index in [2.05, 4.69) is 9.47 Å². The van der Waals surface area contributed by atoms with Crippen molar-refractivity contribution in [3.63, 3.8) is 0 Å². The first-order valence-corrected chi connectivity index (χ1v) is 8.40. The van der Waals surface area contributed by atoms with Gasteiger partial charge >= 0.3 is 30.0 Å². The van der Waals surface area contributed by atoms with E-state index in [1.165, 1.54) is 0 Å². The third-order valence-electron chi connectivity index (χ3n) is 3.90. The third-order valence-corrected chi connectivity index (χ3v) is 3.90. The molecule has 0 atom stereocenters. The van der Waals surface area contributed by atoms with Gasteiger partial charge in [0.1, 0.15) is 5.75 Å². The number of carbonyl (C=O) groups is 2. The van der Waals surface area contributed by atoms with Crippen molar-refractivity contribution in [3.05, 3.63) is 56.6 Å². The number of halogens is 6. The quantitative estimate of drug-likeness (QED) is 0.142. The van der Waals surface area contributed by atoms with Gasteiger partial charge in [0.05, 0.1) is 47.1 Å². The van der Waals surface area contributed by atoms with Gasteiger partial charge in [-0.05, 0) is 12.1 Å². The molecule has 2 aromatic rings. The first-order valence-electron chi connectivity index (χ1n) is 8.40. The van der Waals surface area contributed by atoms with Crippen molar-refractivity contribution in [2.24, 2.45) is 0 Å². The molecule has 2 rings (SSSR count). The van der Waals surface area contributed by atoms with Crippen molar-refractivity contribution < 1.29 is 60.5 Å². The molecule has 0 amide bonds. The van der Waals surface area contributed by atoms with Crippen LogP contribution in [-0.2, 0) is 21.8 Å². The molecule has 0 fully saturated rings. The van der Waals surface area contributed by atoms with Crippen molar-refractivity contribution in [2.45, 2.75) is 12.4 Å². The zero-order valence-corrected chi connectivity index (χ0v) is 16.9. The lowest BCUT2D eigenvalue weighted by Gasteiger charge is -2.12. The molecule has 0 aliphatic rings. The molecule has 0 radical (unpaired) electrons. The molecule has 0 aliphatic carbocycles. The Morgan fingerprint density at radius 2 is 1.24 bits per heavy atom. The number of anilines is 1. The van der Waals surface area contributed by atoms with Gasteiger partial charge in [-0.15, -0.1) is 0 Å². The van der Waals surface area contributed by atoms with E-state index < -0.39 is 68.7 Å². The molecule has 0 bridgehead atoms. The summed E-state index contributed by atoms with van der Waals surface area (Å²) in [4.78, 5) is 31.6. The monoisotopic (exact) mass is 500 g/mol. The van der Waals surface area contributed by atoms with E-state index in [9.17, 15) is 46.0 Å². The van der Waals surface area contributed by atoms with Gasteiger partial charge in [0.25, 0.3) is 0 Å². The van der Waals surface area contributed by atoms with E-state index >= 15 is 0 Å². The largest absolute Gasteiger partial charge is 0.506 e. The second-order valence-electron chi connectivity index (χ2n) is 6.08. The fourth-order valence-electron chi connectivity index (χ4n) is 2.35. The zero-order valence-electron chi connectivity index (χ0n) is 16.9. The molecule has 10 nitrogen and oxygen atoms in total. The fourth-order valence-corrected chi connectivity index (χ4v) is 2.35. The van der Waals surface area contributed by atoms with Gasteiger partial charge in [-0.1, -0.05) is 0 Å². The van der Waals surface area contributed by atoms with E-state index in [1.807, 2.05) is 0 Å². The zero-order chi connectivity index (χ0) is 26.6. The average molecular weight is 500 g/mol. The number of rotatable bonds is 3. The Hall–Kier alpha value is -4.24. The number of esters is 2. The molecular weight excluding hydrogens is 486 g/mol. The van der Waals surface area contributed by atoms with Crippen molar-refractivity contribution in [1.82, 2.24) is 0 Å². The Labute approximate surface area is 185 Å². The van der Waals surface area contributed by atoms with E-state index in [1.54, 1.807) is 0 Å². The first kappa shape index (κ1) is 27.8. The van der Waals surface area contributed by atoms with Gasteiger partial charge in [0, 0.05) is 12.1 Å². The molecular formula is C18H14F6N2O8. The Kier molecular flexibility index (Phi) is 8.29. The maximum Gasteiger partial charge on any atom is 0.417 e. The minimum atomic E-state index is -4.95. The van der Waals surface area contributed by atoms with Crippen LogP contribution in [0.1, 0.15) is 31.8 Å². The van der Waals surface area contributed by atoms with Gasteiger partial charge in [-0.3, -0.25) is 10.1 Å². The van der Waals surface area contributed by atoms with Gasteiger partial charge in [-0.25, -0.2) is 9.59 Å². The number of nitrogens with zero attached hydrogens (tertiary/aromatic N) is 1. The lowest BCUT2D eigenvalue weighted by Crippen LogP contribution is -2.14. The number of phenols is 2. The van der Waals surface area contributed by atoms with Crippen molar-refractivity contribution in [1.29, 1.82) is 0 Å². The van der Waals surface area contributed by atoms with Crippen LogP contribution < -0.4 is 5.73 Å². The molecule has 16 heteroatoms. The number of phenolic OH excluding ortho intramolecular Hbond substituents is 2. The fraction of sp³-hybridized carbons (Fsp3) is 0.222. The van der Waals surface area contributed by atoms with Crippen LogP contribution in [0.3, 0.4) is 0 Å². The number of nitrogen functional groups attached to an aromatic ring is 1. The van der Waals surface area contributed by atoms with Gasteiger partial charge in [0.2, 0.25) is 0 Å². The van der Waals surface area contributed by atoms with Crippen molar-refractivity contribution >= 4 is 23.3 Å². The molecule has 0 saturated carbocycles. The van der Waals surface area contributed by atoms with Crippen LogP contribution in [0.4, 0.5) is 37.7 Å². The molecule has 4 N–H and O–H groups in total. The maximum atomic E-state index is 12.6. The van der Waals surface area contributed by atoms with Crippen LogP contribution in [0, 0.1) is 10.1 Å². The molecule has 0 heterocycles. The standard InChI is InChI=1S/C9H6F3NO5.C9H8F3NO3/c1-18-8(15)4-2-6(13(16)17)7(14)3-5(4)9(10,11)12;1-16-8(15)4-2-6(13)7(14)3-5(4)9(10,11)12/h2-3,14H,1H3;2-3,14H,13H2,1H3. The number of ether oxygens (including phenoxy) is 2. The number of aromatic hydroxyl groups is 2. The summed E-state index contributed by atoms with van der Waals surface area (Å²) in [5.41, 5.74) is -0.689. The number of methoxy groups -OCH3 is 2. The summed E-state index contributed by atoms with van der Waals surface area (Å²) in [6.07, 6.45) is -9.72. The number of alkyl halides is 6. The minimum absolute atomic E-state index is 0.115. The van der Waals surface area contributed by atoms with Gasteiger partial charge < -0.3 is 25.4 Å². The highest BCUT2D eigenvalue weighted by Gasteiger charge is 2.38. The number of nitro benzene ring substituents is 1. The number of nitrogens with two attached hydrogens (primary N) is 1. The predicted molar refractivity (Wildman–Crippen MR) is 100.0 cm³/mol. The van der Waals surface area contributed by atoms with Crippen LogP contribution in [0.15, 0.2) is 24.3 Å². The number of carbonyl (C=O) groups excluding carboxylic acids is 2. The summed E-state index contributed by atoms with van der Waals surface area (Å²) in [5, 5.41) is 28.6. The van der Waals surface area contributed by atoms with E-state index in [4.69, 9.17) is 15.9 Å². The Balaban J connectivity index is 0.000000342. The molecule has 34 heavy (non-hydrogen) atoms. The highest BCUT2D eigenvalue weighted by atomic mass is 19.4. The Bertz CT molecular complexity index is 1120. The molecule has 186 valence electrons. The maximum absolute atomic E-state index is 12.6. The summed E-state index contributed by atoms with van der Waals surface area (Å²) in [6, 6.07) is 1.56. The lowest BCUT2D eigenvalue weighted by molar-refractivity contribution is -0.385. The minimum Gasteiger partial charge on any atom is -0.506 e. The molecule has 0 aliphatic heterocycles. The third kappa shape index (κ3) is 6.39. The molecule has 2 aromatic carbocycles. The summed E-state index contributed by atoms with van der Waals surface area (Å²) >= 11 is 0. The molecule has 0 unspecified atom stereocenters. The van der Waals surface area contributed by atoms with E-state index in [0.29, 0.717) is 12.1 Å². The van der Waals surface area contributed by atoms with Crippen molar-refractivity contribution in [3.8, 4) is 11.5 Å². The van der Waals surface area contributed by atoms with Crippen molar-refractivity contribution in [2.75, 3.05) is 20.0 Å².